The Morgan fingerprint density at radius 2 is 1.78 bits per heavy atom. The number of halogens is 1. The van der Waals surface area contributed by atoms with Crippen LogP contribution in [0.2, 0.25) is 5.15 Å². The minimum absolute atomic E-state index is 0.575. The zero-order chi connectivity index (χ0) is 12.7. The minimum Gasteiger partial charge on any atom is -0.351 e. The van der Waals surface area contributed by atoms with Crippen LogP contribution < -0.4 is 4.90 Å². The SMILES string of the molecule is Cc1nc(Cl)c(N2CCCC3CCCC32)nc1C. The molecule has 2 unspecified atom stereocenters. The van der Waals surface area contributed by atoms with Gasteiger partial charge in [-0.15, -0.1) is 0 Å². The van der Waals surface area contributed by atoms with E-state index in [4.69, 9.17) is 11.6 Å². The summed E-state index contributed by atoms with van der Waals surface area (Å²) in [5, 5.41) is 0.575. The average molecular weight is 266 g/mol. The van der Waals surface area contributed by atoms with E-state index >= 15 is 0 Å². The highest BCUT2D eigenvalue weighted by Crippen LogP contribution is 2.40. The van der Waals surface area contributed by atoms with Crippen molar-refractivity contribution in [2.75, 3.05) is 11.4 Å². The lowest BCUT2D eigenvalue weighted by molar-refractivity contribution is 0.360. The first-order valence-corrected chi connectivity index (χ1v) is 7.32. The van der Waals surface area contributed by atoms with Crippen LogP contribution in [-0.2, 0) is 0 Å². The van der Waals surface area contributed by atoms with Crippen LogP contribution in [0.1, 0.15) is 43.5 Å². The van der Waals surface area contributed by atoms with Gasteiger partial charge in [0.2, 0.25) is 0 Å². The zero-order valence-corrected chi connectivity index (χ0v) is 11.9. The summed E-state index contributed by atoms with van der Waals surface area (Å²) in [4.78, 5) is 11.5. The van der Waals surface area contributed by atoms with Gasteiger partial charge in [-0.2, -0.15) is 0 Å². The molecule has 1 saturated carbocycles. The Hall–Kier alpha value is -0.830. The third kappa shape index (κ3) is 1.99. The fourth-order valence-corrected chi connectivity index (χ4v) is 3.74. The molecule has 0 N–H and O–H groups in total. The summed E-state index contributed by atoms with van der Waals surface area (Å²) in [5.41, 5.74) is 1.93. The summed E-state index contributed by atoms with van der Waals surface area (Å²) < 4.78 is 0. The Morgan fingerprint density at radius 1 is 1.06 bits per heavy atom. The highest BCUT2D eigenvalue weighted by Gasteiger charge is 2.36. The Labute approximate surface area is 114 Å². The van der Waals surface area contributed by atoms with Crippen molar-refractivity contribution in [2.24, 2.45) is 5.92 Å². The molecule has 2 atom stereocenters. The molecule has 0 amide bonds. The first-order chi connectivity index (χ1) is 8.66. The smallest absolute Gasteiger partial charge is 0.171 e. The molecule has 1 saturated heterocycles. The minimum atomic E-state index is 0.575. The van der Waals surface area contributed by atoms with Gasteiger partial charge >= 0.3 is 0 Å². The van der Waals surface area contributed by atoms with Gasteiger partial charge in [0.15, 0.2) is 11.0 Å². The summed E-state index contributed by atoms with van der Waals surface area (Å²) in [6.07, 6.45) is 6.64. The molecule has 3 nitrogen and oxygen atoms in total. The maximum Gasteiger partial charge on any atom is 0.171 e. The van der Waals surface area contributed by atoms with E-state index in [1.54, 1.807) is 0 Å². The topological polar surface area (TPSA) is 29.0 Å². The summed E-state index contributed by atoms with van der Waals surface area (Å²) in [6, 6.07) is 0.646. The molecular formula is C14H20ClN3. The lowest BCUT2D eigenvalue weighted by atomic mass is 9.92. The van der Waals surface area contributed by atoms with Gasteiger partial charge in [-0.05, 0) is 45.4 Å². The number of aromatic nitrogens is 2. The van der Waals surface area contributed by atoms with Crippen LogP contribution >= 0.6 is 11.6 Å². The van der Waals surface area contributed by atoms with Crippen molar-refractivity contribution in [2.45, 2.75) is 52.0 Å². The Balaban J connectivity index is 1.96. The van der Waals surface area contributed by atoms with E-state index < -0.39 is 0 Å². The van der Waals surface area contributed by atoms with Crippen LogP contribution in [-0.4, -0.2) is 22.6 Å². The monoisotopic (exact) mass is 265 g/mol. The van der Waals surface area contributed by atoms with Crippen molar-refractivity contribution in [3.05, 3.63) is 16.5 Å². The fraction of sp³-hybridized carbons (Fsp3) is 0.714. The lowest BCUT2D eigenvalue weighted by Gasteiger charge is -2.38. The van der Waals surface area contributed by atoms with Crippen molar-refractivity contribution >= 4 is 17.4 Å². The predicted octanol–water partition coefficient (Wildman–Crippen LogP) is 3.52. The number of hydrogen-bond acceptors (Lipinski definition) is 3. The largest absolute Gasteiger partial charge is 0.351 e. The standard InChI is InChI=1S/C14H20ClN3/c1-9-10(2)17-14(13(15)16-9)18-8-4-6-11-5-3-7-12(11)18/h11-12H,3-8H2,1-2H3. The van der Waals surface area contributed by atoms with Crippen LogP contribution in [0, 0.1) is 19.8 Å². The van der Waals surface area contributed by atoms with Crippen LogP contribution in [0.3, 0.4) is 0 Å². The maximum atomic E-state index is 6.31. The van der Waals surface area contributed by atoms with Crippen LogP contribution in [0.5, 0.6) is 0 Å². The molecule has 0 spiro atoms. The Morgan fingerprint density at radius 3 is 2.61 bits per heavy atom. The molecule has 0 bridgehead atoms. The first kappa shape index (κ1) is 12.2. The van der Waals surface area contributed by atoms with Gasteiger partial charge in [0.05, 0.1) is 11.4 Å². The molecule has 3 rings (SSSR count). The fourth-order valence-electron chi connectivity index (χ4n) is 3.46. The van der Waals surface area contributed by atoms with Crippen molar-refractivity contribution < 1.29 is 0 Å². The molecule has 1 aromatic heterocycles. The molecule has 2 fully saturated rings. The van der Waals surface area contributed by atoms with Gasteiger partial charge in [-0.3, -0.25) is 0 Å². The molecule has 4 heteroatoms. The molecule has 1 aliphatic heterocycles. The van der Waals surface area contributed by atoms with Gasteiger partial charge in [0, 0.05) is 12.6 Å². The Kier molecular flexibility index (Phi) is 3.18. The number of hydrogen-bond donors (Lipinski definition) is 0. The van der Waals surface area contributed by atoms with Gasteiger partial charge in [0.1, 0.15) is 0 Å². The van der Waals surface area contributed by atoms with E-state index in [1.165, 1.54) is 32.1 Å². The van der Waals surface area contributed by atoms with Gasteiger partial charge < -0.3 is 4.90 Å². The average Bonchev–Trinajstić information content (AvgIpc) is 2.82. The van der Waals surface area contributed by atoms with E-state index in [1.807, 2.05) is 13.8 Å². The quantitative estimate of drug-likeness (QED) is 0.778. The van der Waals surface area contributed by atoms with Crippen LogP contribution in [0.25, 0.3) is 0 Å². The van der Waals surface area contributed by atoms with Crippen molar-refractivity contribution in [3.63, 3.8) is 0 Å². The third-order valence-corrected chi connectivity index (χ3v) is 4.77. The predicted molar refractivity (Wildman–Crippen MR) is 74.2 cm³/mol. The second-order valence-electron chi connectivity index (χ2n) is 5.60. The molecule has 18 heavy (non-hydrogen) atoms. The molecular weight excluding hydrogens is 246 g/mol. The highest BCUT2D eigenvalue weighted by atomic mass is 35.5. The lowest BCUT2D eigenvalue weighted by Crippen LogP contribution is -2.43. The first-order valence-electron chi connectivity index (χ1n) is 6.94. The van der Waals surface area contributed by atoms with Crippen molar-refractivity contribution in [3.8, 4) is 0 Å². The number of aryl methyl sites for hydroxylation is 2. The number of piperidine rings is 1. The highest BCUT2D eigenvalue weighted by molar-refractivity contribution is 6.31. The van der Waals surface area contributed by atoms with Gasteiger partial charge in [-0.1, -0.05) is 18.0 Å². The molecule has 2 aliphatic rings. The second-order valence-corrected chi connectivity index (χ2v) is 5.96. The van der Waals surface area contributed by atoms with E-state index in [0.717, 1.165) is 29.7 Å². The van der Waals surface area contributed by atoms with Crippen LogP contribution in [0.15, 0.2) is 0 Å². The van der Waals surface area contributed by atoms with Gasteiger partial charge in [-0.25, -0.2) is 9.97 Å². The Bertz CT molecular complexity index is 461. The van der Waals surface area contributed by atoms with Crippen LogP contribution in [0.4, 0.5) is 5.82 Å². The maximum absolute atomic E-state index is 6.31. The van der Waals surface area contributed by atoms with Crippen molar-refractivity contribution in [1.82, 2.24) is 9.97 Å². The van der Waals surface area contributed by atoms with E-state index in [-0.39, 0.29) is 0 Å². The number of nitrogens with zero attached hydrogens (tertiary/aromatic N) is 3. The molecule has 1 aromatic rings. The number of anilines is 1. The molecule has 0 aromatic carbocycles. The molecule has 1 aliphatic carbocycles. The summed E-state index contributed by atoms with van der Waals surface area (Å²) in [6.45, 7) is 5.06. The van der Waals surface area contributed by atoms with E-state index in [9.17, 15) is 0 Å². The van der Waals surface area contributed by atoms with Crippen molar-refractivity contribution in [1.29, 1.82) is 0 Å². The molecule has 0 radical (unpaired) electrons. The van der Waals surface area contributed by atoms with E-state index in [2.05, 4.69) is 14.9 Å². The second kappa shape index (κ2) is 4.69. The summed E-state index contributed by atoms with van der Waals surface area (Å²) in [5.74, 6) is 1.76. The van der Waals surface area contributed by atoms with E-state index in [0.29, 0.717) is 11.2 Å². The molecule has 2 heterocycles. The number of rotatable bonds is 1. The number of fused-ring (bicyclic) bond motifs is 1. The summed E-state index contributed by atoms with van der Waals surface area (Å²) in [7, 11) is 0. The summed E-state index contributed by atoms with van der Waals surface area (Å²) >= 11 is 6.31. The molecule has 98 valence electrons. The third-order valence-electron chi connectivity index (χ3n) is 4.51. The normalized spacial score (nSPS) is 27.4. The van der Waals surface area contributed by atoms with Gasteiger partial charge in [0.25, 0.3) is 0 Å². The zero-order valence-electron chi connectivity index (χ0n) is 11.1.